The third-order valence-electron chi connectivity index (χ3n) is 3.28. The summed E-state index contributed by atoms with van der Waals surface area (Å²) in [6.07, 6.45) is 2.95. The molecule has 0 spiro atoms. The smallest absolute Gasteiger partial charge is 0.211 e. The molecule has 1 heterocycles. The van der Waals surface area contributed by atoms with Crippen molar-refractivity contribution in [2.75, 3.05) is 39.0 Å². The molecule has 0 aromatic carbocycles. The van der Waals surface area contributed by atoms with E-state index in [1.165, 1.54) is 6.42 Å². The minimum atomic E-state index is -3.09. The molecule has 0 saturated carbocycles. The van der Waals surface area contributed by atoms with Crippen LogP contribution < -0.4 is 10.0 Å². The molecule has 1 saturated heterocycles. The first-order valence-corrected chi connectivity index (χ1v) is 8.10. The maximum absolute atomic E-state index is 11.7. The van der Waals surface area contributed by atoms with Gasteiger partial charge in [-0.2, -0.15) is 0 Å². The Morgan fingerprint density at radius 1 is 1.41 bits per heavy atom. The van der Waals surface area contributed by atoms with Crippen LogP contribution in [0.4, 0.5) is 0 Å². The zero-order chi connectivity index (χ0) is 12.7. The Morgan fingerprint density at radius 3 is 2.82 bits per heavy atom. The molecule has 1 unspecified atom stereocenters. The summed E-state index contributed by atoms with van der Waals surface area (Å²) in [6.45, 7) is 5.54. The zero-order valence-electron chi connectivity index (χ0n) is 10.9. The summed E-state index contributed by atoms with van der Waals surface area (Å²) in [6, 6.07) is 0.388. The molecule has 2 N–H and O–H groups in total. The van der Waals surface area contributed by atoms with Crippen molar-refractivity contribution >= 4 is 10.0 Å². The predicted octanol–water partition coefficient (Wildman–Crippen LogP) is -0.000400. The maximum atomic E-state index is 11.7. The van der Waals surface area contributed by atoms with Crippen LogP contribution in [0.2, 0.25) is 0 Å². The Balaban J connectivity index is 2.28. The van der Waals surface area contributed by atoms with Crippen LogP contribution in [0.5, 0.6) is 0 Å². The number of likely N-dealkylation sites (N-methyl/N-ethyl adjacent to an activating group) is 1. The number of hydrogen-bond donors (Lipinski definition) is 2. The lowest BCUT2D eigenvalue weighted by atomic mass is 10.2. The third kappa shape index (κ3) is 5.33. The molecule has 1 aliphatic heterocycles. The van der Waals surface area contributed by atoms with Crippen molar-refractivity contribution in [2.45, 2.75) is 32.2 Å². The molecule has 1 fully saturated rings. The van der Waals surface area contributed by atoms with E-state index in [9.17, 15) is 8.42 Å². The molecular formula is C11H25N3O2S. The summed E-state index contributed by atoms with van der Waals surface area (Å²) >= 11 is 0. The van der Waals surface area contributed by atoms with Crippen molar-refractivity contribution in [1.29, 1.82) is 0 Å². The van der Waals surface area contributed by atoms with Gasteiger partial charge in [-0.05, 0) is 45.9 Å². The quantitative estimate of drug-likeness (QED) is 0.605. The fraction of sp³-hybridized carbons (Fsp3) is 1.00. The van der Waals surface area contributed by atoms with E-state index in [0.29, 0.717) is 19.0 Å². The first kappa shape index (κ1) is 14.9. The normalized spacial score (nSPS) is 22.1. The SMILES string of the molecule is CCN1CCCC1CNS(=O)(=O)CCCNC. The summed E-state index contributed by atoms with van der Waals surface area (Å²) < 4.78 is 26.1. The highest BCUT2D eigenvalue weighted by Gasteiger charge is 2.24. The molecule has 0 radical (unpaired) electrons. The lowest BCUT2D eigenvalue weighted by molar-refractivity contribution is 0.268. The van der Waals surface area contributed by atoms with Gasteiger partial charge in [0.05, 0.1) is 5.75 Å². The van der Waals surface area contributed by atoms with Crippen LogP contribution in [0.1, 0.15) is 26.2 Å². The summed E-state index contributed by atoms with van der Waals surface area (Å²) in [4.78, 5) is 2.34. The van der Waals surface area contributed by atoms with E-state index in [1.54, 1.807) is 0 Å². The molecule has 17 heavy (non-hydrogen) atoms. The number of likely N-dealkylation sites (tertiary alicyclic amines) is 1. The molecule has 5 nitrogen and oxygen atoms in total. The van der Waals surface area contributed by atoms with Crippen molar-refractivity contribution in [3.63, 3.8) is 0 Å². The molecule has 0 aromatic rings. The molecule has 1 rings (SSSR count). The van der Waals surface area contributed by atoms with E-state index in [-0.39, 0.29) is 5.75 Å². The Hall–Kier alpha value is -0.170. The molecule has 0 amide bonds. The second-order valence-corrected chi connectivity index (χ2v) is 6.48. The molecule has 0 aromatic heterocycles. The second kappa shape index (κ2) is 7.31. The lowest BCUT2D eigenvalue weighted by Gasteiger charge is -2.22. The predicted molar refractivity (Wildman–Crippen MR) is 70.6 cm³/mol. The van der Waals surface area contributed by atoms with Crippen LogP contribution >= 0.6 is 0 Å². The van der Waals surface area contributed by atoms with Crippen molar-refractivity contribution < 1.29 is 8.42 Å². The fourth-order valence-corrected chi connectivity index (χ4v) is 3.39. The average Bonchev–Trinajstić information content (AvgIpc) is 2.74. The van der Waals surface area contributed by atoms with Gasteiger partial charge in [-0.3, -0.25) is 4.90 Å². The van der Waals surface area contributed by atoms with Crippen molar-refractivity contribution in [2.24, 2.45) is 0 Å². The lowest BCUT2D eigenvalue weighted by Crippen LogP contribution is -2.40. The van der Waals surface area contributed by atoms with E-state index in [2.05, 4.69) is 21.9 Å². The van der Waals surface area contributed by atoms with Gasteiger partial charge in [0.1, 0.15) is 0 Å². The van der Waals surface area contributed by atoms with Gasteiger partial charge >= 0.3 is 0 Å². The minimum Gasteiger partial charge on any atom is -0.320 e. The minimum absolute atomic E-state index is 0.215. The second-order valence-electron chi connectivity index (χ2n) is 4.55. The molecular weight excluding hydrogens is 238 g/mol. The van der Waals surface area contributed by atoms with Gasteiger partial charge in [-0.15, -0.1) is 0 Å². The number of hydrogen-bond acceptors (Lipinski definition) is 4. The van der Waals surface area contributed by atoms with Gasteiger partial charge in [0.25, 0.3) is 0 Å². The Morgan fingerprint density at radius 2 is 2.18 bits per heavy atom. The van der Waals surface area contributed by atoms with E-state index >= 15 is 0 Å². The van der Waals surface area contributed by atoms with Gasteiger partial charge in [-0.25, -0.2) is 13.1 Å². The summed E-state index contributed by atoms with van der Waals surface area (Å²) in [5.41, 5.74) is 0. The van der Waals surface area contributed by atoms with Crippen LogP contribution in [0, 0.1) is 0 Å². The largest absolute Gasteiger partial charge is 0.320 e. The van der Waals surface area contributed by atoms with Gasteiger partial charge in [-0.1, -0.05) is 6.92 Å². The summed E-state index contributed by atoms with van der Waals surface area (Å²) in [7, 11) is -1.26. The highest BCUT2D eigenvalue weighted by atomic mass is 32.2. The fourth-order valence-electron chi connectivity index (χ4n) is 2.28. The molecule has 1 aliphatic rings. The molecule has 102 valence electrons. The first-order chi connectivity index (χ1) is 8.09. The van der Waals surface area contributed by atoms with Crippen molar-refractivity contribution in [3.05, 3.63) is 0 Å². The highest BCUT2D eigenvalue weighted by Crippen LogP contribution is 2.15. The van der Waals surface area contributed by atoms with Crippen molar-refractivity contribution in [3.8, 4) is 0 Å². The average molecular weight is 263 g/mol. The van der Waals surface area contributed by atoms with E-state index in [0.717, 1.165) is 26.1 Å². The van der Waals surface area contributed by atoms with Gasteiger partial charge in [0.2, 0.25) is 10.0 Å². The van der Waals surface area contributed by atoms with E-state index in [1.807, 2.05) is 7.05 Å². The van der Waals surface area contributed by atoms with Crippen LogP contribution in [-0.4, -0.2) is 58.3 Å². The zero-order valence-corrected chi connectivity index (χ0v) is 11.7. The number of nitrogens with one attached hydrogen (secondary N) is 2. The molecule has 0 bridgehead atoms. The van der Waals surface area contributed by atoms with Crippen LogP contribution in [0.3, 0.4) is 0 Å². The Labute approximate surface area is 105 Å². The molecule has 0 aliphatic carbocycles. The number of nitrogens with zero attached hydrogens (tertiary/aromatic N) is 1. The third-order valence-corrected chi connectivity index (χ3v) is 4.72. The van der Waals surface area contributed by atoms with Gasteiger partial charge in [0, 0.05) is 12.6 Å². The molecule has 1 atom stereocenters. The maximum Gasteiger partial charge on any atom is 0.211 e. The van der Waals surface area contributed by atoms with Crippen LogP contribution in [-0.2, 0) is 10.0 Å². The summed E-state index contributed by atoms with van der Waals surface area (Å²) in [5, 5.41) is 2.95. The van der Waals surface area contributed by atoms with Gasteiger partial charge in [0.15, 0.2) is 0 Å². The first-order valence-electron chi connectivity index (χ1n) is 6.45. The number of sulfonamides is 1. The van der Waals surface area contributed by atoms with E-state index in [4.69, 9.17) is 0 Å². The van der Waals surface area contributed by atoms with Crippen LogP contribution in [0.15, 0.2) is 0 Å². The van der Waals surface area contributed by atoms with Gasteiger partial charge < -0.3 is 5.32 Å². The Bertz CT molecular complexity index is 306. The van der Waals surface area contributed by atoms with Crippen LogP contribution in [0.25, 0.3) is 0 Å². The number of rotatable bonds is 8. The summed E-state index contributed by atoms with van der Waals surface area (Å²) in [5.74, 6) is 0.215. The standard InChI is InChI=1S/C11H25N3O2S/c1-3-14-8-4-6-11(14)10-13-17(15,16)9-5-7-12-2/h11-13H,3-10H2,1-2H3. The Kier molecular flexibility index (Phi) is 6.40. The molecule has 6 heteroatoms. The van der Waals surface area contributed by atoms with Crippen molar-refractivity contribution in [1.82, 2.24) is 14.9 Å². The monoisotopic (exact) mass is 263 g/mol. The van der Waals surface area contributed by atoms with E-state index < -0.39 is 10.0 Å². The highest BCUT2D eigenvalue weighted by molar-refractivity contribution is 7.89. The topological polar surface area (TPSA) is 61.4 Å².